The Bertz CT molecular complexity index is 3710. The molecule has 11 rings (SSSR count). The third-order valence-corrected chi connectivity index (χ3v) is 16.6. The summed E-state index contributed by atoms with van der Waals surface area (Å²) in [5, 5.41) is 5.72. The number of nitrogens with one attached hydrogen (secondary N) is 2. The fraction of sp³-hybridized carbons (Fsp3) is 0.391. The van der Waals surface area contributed by atoms with Gasteiger partial charge in [0.1, 0.15) is 31.3 Å². The van der Waals surface area contributed by atoms with Gasteiger partial charge < -0.3 is 53.3 Å². The number of benzene rings is 4. The first-order valence-electron chi connectivity index (χ1n) is 30.6. The van der Waals surface area contributed by atoms with Gasteiger partial charge in [0.05, 0.1) is 70.2 Å². The van der Waals surface area contributed by atoms with Gasteiger partial charge in [-0.3, -0.25) is 33.8 Å². The Morgan fingerprint density at radius 3 is 1.79 bits per heavy atom. The van der Waals surface area contributed by atoms with Gasteiger partial charge in [-0.1, -0.05) is 61.2 Å². The SMILES string of the molecule is C=CCOC(=O)N1c2cc(OCc3cccc(CC(=O)Nc4cc(C(C)=O)n(C)c4)c3)c(C)cc2C(=O)N2CCCC[C@H]2C1OC1CCCCO1.CC(=O)c1cc(NC(=O)Cc2cccc(COc3cc4c(cc3C)C(=O)N3CCCC[C@H]3C=N4)c2)cn1C. The molecule has 20 nitrogen and oxygen atoms in total. The Hall–Kier alpha value is -9.14. The van der Waals surface area contributed by atoms with Crippen LogP contribution in [0.1, 0.15) is 147 Å². The van der Waals surface area contributed by atoms with E-state index in [9.17, 15) is 33.6 Å². The number of amides is 5. The van der Waals surface area contributed by atoms with Crippen molar-refractivity contribution in [2.45, 2.75) is 136 Å². The van der Waals surface area contributed by atoms with Gasteiger partial charge in [0.25, 0.3) is 11.8 Å². The van der Waals surface area contributed by atoms with E-state index in [1.807, 2.05) is 90.5 Å². The van der Waals surface area contributed by atoms with E-state index < -0.39 is 18.6 Å². The molecule has 20 heteroatoms. The smallest absolute Gasteiger partial charge is 0.416 e. The molecular formula is C69H78N8O12. The van der Waals surface area contributed by atoms with Gasteiger partial charge in [0, 0.05) is 78.4 Å². The number of anilines is 3. The lowest BCUT2D eigenvalue weighted by molar-refractivity contribution is -0.198. The summed E-state index contributed by atoms with van der Waals surface area (Å²) in [4.78, 5) is 100. The number of nitrogens with zero attached hydrogens (tertiary/aromatic N) is 6. The average Bonchev–Trinajstić information content (AvgIpc) is 1.67. The molecule has 0 aliphatic carbocycles. The second-order valence-electron chi connectivity index (χ2n) is 23.5. The van der Waals surface area contributed by atoms with Crippen LogP contribution in [-0.4, -0.2) is 117 Å². The number of hydrogen-bond acceptors (Lipinski definition) is 13. The Morgan fingerprint density at radius 1 is 0.663 bits per heavy atom. The predicted molar refractivity (Wildman–Crippen MR) is 337 cm³/mol. The molecule has 5 aliphatic heterocycles. The van der Waals surface area contributed by atoms with Crippen molar-refractivity contribution >= 4 is 70.3 Å². The summed E-state index contributed by atoms with van der Waals surface area (Å²) < 4.78 is 34.0. The van der Waals surface area contributed by atoms with Crippen LogP contribution < -0.4 is 25.0 Å². The van der Waals surface area contributed by atoms with Crippen LogP contribution in [0.5, 0.6) is 11.5 Å². The van der Waals surface area contributed by atoms with Crippen molar-refractivity contribution in [2.24, 2.45) is 19.1 Å². The van der Waals surface area contributed by atoms with E-state index in [0.717, 1.165) is 84.9 Å². The van der Waals surface area contributed by atoms with Gasteiger partial charge in [0.15, 0.2) is 24.1 Å². The second kappa shape index (κ2) is 28.3. The Labute approximate surface area is 518 Å². The Kier molecular flexibility index (Phi) is 20.0. The zero-order valence-corrected chi connectivity index (χ0v) is 51.5. The van der Waals surface area contributed by atoms with Crippen LogP contribution in [-0.2, 0) is 64.0 Å². The van der Waals surface area contributed by atoms with Gasteiger partial charge in [-0.05, 0) is 129 Å². The zero-order valence-electron chi connectivity index (χ0n) is 51.5. The fourth-order valence-electron chi connectivity index (χ4n) is 12.2. The second-order valence-corrected chi connectivity index (χ2v) is 23.5. The van der Waals surface area contributed by atoms with E-state index >= 15 is 0 Å². The molecule has 2 N–H and O–H groups in total. The van der Waals surface area contributed by atoms with E-state index in [0.29, 0.717) is 89.4 Å². The van der Waals surface area contributed by atoms with Crippen molar-refractivity contribution in [3.63, 3.8) is 0 Å². The van der Waals surface area contributed by atoms with Crippen LogP contribution in [0, 0.1) is 13.8 Å². The molecule has 466 valence electrons. The van der Waals surface area contributed by atoms with Crippen LogP contribution >= 0.6 is 0 Å². The number of aromatic nitrogens is 2. The summed E-state index contributed by atoms with van der Waals surface area (Å²) in [7, 11) is 3.53. The maximum Gasteiger partial charge on any atom is 0.416 e. The molecule has 2 aromatic heterocycles. The molecule has 4 aromatic carbocycles. The molecule has 4 atom stereocenters. The molecule has 5 amide bonds. The number of aryl methyl sites for hydroxylation is 4. The minimum atomic E-state index is -0.834. The maximum absolute atomic E-state index is 14.2. The van der Waals surface area contributed by atoms with Gasteiger partial charge in [-0.25, -0.2) is 9.69 Å². The third kappa shape index (κ3) is 15.1. The highest BCUT2D eigenvalue weighted by atomic mass is 16.7. The summed E-state index contributed by atoms with van der Waals surface area (Å²) in [6, 6.07) is 25.5. The first-order chi connectivity index (χ1) is 42.9. The Morgan fingerprint density at radius 2 is 1.21 bits per heavy atom. The molecule has 7 heterocycles. The first kappa shape index (κ1) is 62.9. The molecule has 0 spiro atoms. The Balaban J connectivity index is 0.000000205. The molecule has 6 aromatic rings. The standard InChI is InChI=1S/C39H46N4O8.C30H32N4O4/c1-5-16-49-39(47)43-33-22-34(50-24-28-12-10-11-27(19-28)20-35(45)40-29-21-32(26(3)44)41(4)23-29)25(2)18-30(33)37(46)42-15-8-6-13-31(42)38(43)51-36-14-7-9-17-48-36;1-19-11-25-26(31-16-24-9-4-5-10-34(24)30(25)37)15-28(19)38-18-22-8-6-7-21(12-22)13-29(36)32-23-14-27(20(2)35)33(3)17-23/h5,10-12,18-19,21-23,31,36,38H,1,6-9,13-17,20,24H2,2-4H3,(H,40,45);6-8,11-12,14-17,24H,4-5,9-10,13,18H2,1-3H3,(H,32,36)/t31-,36?,38?;24-/m00/s1. The minimum absolute atomic E-state index is 0.00593. The zero-order chi connectivity index (χ0) is 62.9. The molecular weight excluding hydrogens is 1130 g/mol. The lowest BCUT2D eigenvalue weighted by Crippen LogP contribution is -2.57. The number of carbonyl (C=O) groups excluding carboxylic acids is 7. The van der Waals surface area contributed by atoms with E-state index in [4.69, 9.17) is 23.7 Å². The summed E-state index contributed by atoms with van der Waals surface area (Å²) in [5.41, 5.74) is 9.22. The minimum Gasteiger partial charge on any atom is -0.489 e. The van der Waals surface area contributed by atoms with Gasteiger partial charge in [-0.15, -0.1) is 0 Å². The van der Waals surface area contributed by atoms with Crippen LogP contribution in [0.15, 0.2) is 115 Å². The van der Waals surface area contributed by atoms with E-state index in [2.05, 4.69) is 22.2 Å². The summed E-state index contributed by atoms with van der Waals surface area (Å²) >= 11 is 0. The average molecular weight is 1210 g/mol. The van der Waals surface area contributed by atoms with Crippen LogP contribution in [0.25, 0.3) is 0 Å². The molecule has 89 heavy (non-hydrogen) atoms. The largest absolute Gasteiger partial charge is 0.489 e. The van der Waals surface area contributed by atoms with Crippen LogP contribution in [0.2, 0.25) is 0 Å². The number of ketones is 2. The van der Waals surface area contributed by atoms with Crippen molar-refractivity contribution in [3.05, 3.63) is 166 Å². The van der Waals surface area contributed by atoms with Crippen LogP contribution in [0.3, 0.4) is 0 Å². The highest BCUT2D eigenvalue weighted by molar-refractivity contribution is 6.06. The monoisotopic (exact) mass is 1210 g/mol. The van der Waals surface area contributed by atoms with Gasteiger partial charge in [0.2, 0.25) is 11.8 Å². The van der Waals surface area contributed by atoms with E-state index in [-0.39, 0.29) is 73.3 Å². The number of aliphatic imine (C=N–C) groups is 1. The number of ether oxygens (including phenoxy) is 5. The fourth-order valence-corrected chi connectivity index (χ4v) is 12.2. The molecule has 3 saturated heterocycles. The summed E-state index contributed by atoms with van der Waals surface area (Å²) in [5.74, 6) is 0.530. The van der Waals surface area contributed by atoms with Crippen molar-refractivity contribution < 1.29 is 57.2 Å². The molecule has 0 saturated carbocycles. The van der Waals surface area contributed by atoms with E-state index in [1.54, 1.807) is 59.9 Å². The molecule has 3 fully saturated rings. The highest BCUT2D eigenvalue weighted by Gasteiger charge is 2.47. The third-order valence-electron chi connectivity index (χ3n) is 16.6. The van der Waals surface area contributed by atoms with Crippen LogP contribution in [0.4, 0.5) is 27.5 Å². The first-order valence-corrected chi connectivity index (χ1v) is 30.6. The maximum atomic E-state index is 14.2. The van der Waals surface area contributed by atoms with Gasteiger partial charge in [-0.2, -0.15) is 0 Å². The number of piperidine rings is 2. The lowest BCUT2D eigenvalue weighted by atomic mass is 10.00. The van der Waals surface area contributed by atoms with E-state index in [1.165, 1.54) is 24.8 Å². The lowest BCUT2D eigenvalue weighted by Gasteiger charge is -2.42. The van der Waals surface area contributed by atoms with Crippen molar-refractivity contribution in [1.82, 2.24) is 18.9 Å². The molecule has 0 radical (unpaired) electrons. The number of hydrogen-bond donors (Lipinski definition) is 2. The predicted octanol–water partition coefficient (Wildman–Crippen LogP) is 11.3. The summed E-state index contributed by atoms with van der Waals surface area (Å²) in [6.07, 6.45) is 13.3. The number of rotatable bonds is 18. The number of Topliss-reactive ketones (excluding diaryl/α,β-unsaturated/α-hetero) is 2. The molecule has 0 bridgehead atoms. The van der Waals surface area contributed by atoms with Crippen molar-refractivity contribution in [2.75, 3.05) is 41.8 Å². The highest BCUT2D eigenvalue weighted by Crippen LogP contribution is 2.41. The topological polar surface area (TPSA) is 222 Å². The number of fused-ring (bicyclic) bond motifs is 4. The molecule has 2 unspecified atom stereocenters. The normalized spacial score (nSPS) is 18.6. The van der Waals surface area contributed by atoms with Gasteiger partial charge >= 0.3 is 6.09 Å². The van der Waals surface area contributed by atoms with Crippen molar-refractivity contribution in [3.8, 4) is 11.5 Å². The molecule has 5 aliphatic rings. The number of carbonyl (C=O) groups is 7. The summed E-state index contributed by atoms with van der Waals surface area (Å²) in [6.45, 7) is 12.9. The van der Waals surface area contributed by atoms with Crippen molar-refractivity contribution in [1.29, 1.82) is 0 Å². The quantitative estimate of drug-likeness (QED) is 0.0606.